The molecule has 1 aliphatic rings. The van der Waals surface area contributed by atoms with Gasteiger partial charge in [-0.3, -0.25) is 0 Å². The van der Waals surface area contributed by atoms with Crippen molar-refractivity contribution in [2.24, 2.45) is 0 Å². The summed E-state index contributed by atoms with van der Waals surface area (Å²) in [4.78, 5) is 13.2. The summed E-state index contributed by atoms with van der Waals surface area (Å²) in [5, 5.41) is 7.29. The molecule has 0 aliphatic carbocycles. The van der Waals surface area contributed by atoms with Crippen molar-refractivity contribution in [1.29, 1.82) is 0 Å². The van der Waals surface area contributed by atoms with Crippen LogP contribution in [0.5, 0.6) is 0 Å². The van der Waals surface area contributed by atoms with Gasteiger partial charge in [-0.15, -0.1) is 12.4 Å². The van der Waals surface area contributed by atoms with E-state index < -0.39 is 0 Å². The lowest BCUT2D eigenvalue weighted by Crippen LogP contribution is -2.42. The summed E-state index contributed by atoms with van der Waals surface area (Å²) < 4.78 is 5.90. The Hall–Kier alpha value is -0.720. The molecule has 2 unspecified atom stereocenters. The van der Waals surface area contributed by atoms with Gasteiger partial charge in [0.15, 0.2) is 0 Å². The zero-order valence-electron chi connectivity index (χ0n) is 13.1. The maximum absolute atomic E-state index is 11.7. The van der Waals surface area contributed by atoms with Crippen LogP contribution in [0.25, 0.3) is 0 Å². The second-order valence-corrected chi connectivity index (χ2v) is 6.29. The lowest BCUT2D eigenvalue weighted by molar-refractivity contribution is 0.0532. The van der Waals surface area contributed by atoms with Crippen molar-refractivity contribution < 1.29 is 9.53 Å². The van der Waals surface area contributed by atoms with Gasteiger partial charge in [-0.25, -0.2) is 4.79 Å². The molecule has 2 amide bonds. The molecule has 5 nitrogen and oxygen atoms in total. The van der Waals surface area contributed by atoms with Gasteiger partial charge < -0.3 is 20.3 Å². The van der Waals surface area contributed by atoms with E-state index in [0.29, 0.717) is 23.2 Å². The zero-order chi connectivity index (χ0) is 16.1. The minimum Gasteiger partial charge on any atom is -0.374 e. The van der Waals surface area contributed by atoms with Gasteiger partial charge in [-0.05, 0) is 17.7 Å². The number of ether oxygens (including phenoxy) is 1. The second kappa shape index (κ2) is 9.55. The molecule has 1 aliphatic heterocycles. The Morgan fingerprint density at radius 1 is 1.39 bits per heavy atom. The molecular formula is C15H22Cl3N3O2. The van der Waals surface area contributed by atoms with Crippen LogP contribution in [0.3, 0.4) is 0 Å². The van der Waals surface area contributed by atoms with Crippen LogP contribution in [-0.2, 0) is 4.74 Å². The van der Waals surface area contributed by atoms with Crippen molar-refractivity contribution in [2.75, 3.05) is 40.3 Å². The largest absolute Gasteiger partial charge is 0.374 e. The van der Waals surface area contributed by atoms with E-state index in [4.69, 9.17) is 27.9 Å². The average Bonchev–Trinajstić information content (AvgIpc) is 2.73. The molecule has 1 saturated heterocycles. The smallest absolute Gasteiger partial charge is 0.316 e. The van der Waals surface area contributed by atoms with E-state index in [1.807, 2.05) is 12.1 Å². The number of benzene rings is 1. The number of amides is 2. The highest BCUT2D eigenvalue weighted by Crippen LogP contribution is 2.29. The molecule has 23 heavy (non-hydrogen) atoms. The van der Waals surface area contributed by atoms with Crippen LogP contribution in [0, 0.1) is 0 Å². The first-order valence-electron chi connectivity index (χ1n) is 7.21. The SMILES string of the molecule is CN(C)C(=O)NCC1OCCNCC1c1ccc(Cl)c(Cl)c1.Cl. The average molecular weight is 383 g/mol. The van der Waals surface area contributed by atoms with E-state index in [1.54, 1.807) is 20.2 Å². The lowest BCUT2D eigenvalue weighted by atomic mass is 9.93. The summed E-state index contributed by atoms with van der Waals surface area (Å²) in [6, 6.07) is 5.48. The Balaban J connectivity index is 0.00000264. The highest BCUT2D eigenvalue weighted by Gasteiger charge is 2.27. The number of nitrogens with zero attached hydrogens (tertiary/aromatic N) is 1. The lowest BCUT2D eigenvalue weighted by Gasteiger charge is -2.26. The Bertz CT molecular complexity index is 529. The van der Waals surface area contributed by atoms with E-state index >= 15 is 0 Å². The number of hydrogen-bond donors (Lipinski definition) is 2. The van der Waals surface area contributed by atoms with Crippen molar-refractivity contribution >= 4 is 41.6 Å². The van der Waals surface area contributed by atoms with E-state index in [2.05, 4.69) is 10.6 Å². The van der Waals surface area contributed by atoms with Crippen LogP contribution in [0.15, 0.2) is 18.2 Å². The molecule has 1 aromatic carbocycles. The molecule has 1 aromatic rings. The Morgan fingerprint density at radius 2 is 2.13 bits per heavy atom. The molecule has 0 bridgehead atoms. The zero-order valence-corrected chi connectivity index (χ0v) is 15.5. The van der Waals surface area contributed by atoms with Gasteiger partial charge in [0.1, 0.15) is 0 Å². The number of rotatable bonds is 3. The number of urea groups is 1. The predicted molar refractivity (Wildman–Crippen MR) is 96.1 cm³/mol. The fraction of sp³-hybridized carbons (Fsp3) is 0.533. The number of hydrogen-bond acceptors (Lipinski definition) is 3. The number of carbonyl (C=O) groups is 1. The molecule has 2 N–H and O–H groups in total. The third-order valence-electron chi connectivity index (χ3n) is 3.66. The molecule has 0 aromatic heterocycles. The van der Waals surface area contributed by atoms with Crippen molar-refractivity contribution in [3.8, 4) is 0 Å². The monoisotopic (exact) mass is 381 g/mol. The van der Waals surface area contributed by atoms with Crippen LogP contribution in [0.4, 0.5) is 4.79 Å². The van der Waals surface area contributed by atoms with E-state index in [-0.39, 0.29) is 30.5 Å². The van der Waals surface area contributed by atoms with Crippen LogP contribution < -0.4 is 10.6 Å². The first kappa shape index (κ1) is 20.3. The molecule has 2 atom stereocenters. The highest BCUT2D eigenvalue weighted by molar-refractivity contribution is 6.42. The molecule has 0 radical (unpaired) electrons. The highest BCUT2D eigenvalue weighted by atomic mass is 35.5. The summed E-state index contributed by atoms with van der Waals surface area (Å²) in [5.74, 6) is 0.0970. The first-order valence-corrected chi connectivity index (χ1v) is 7.97. The maximum Gasteiger partial charge on any atom is 0.316 e. The molecule has 1 fully saturated rings. The van der Waals surface area contributed by atoms with Crippen LogP contribution in [0.2, 0.25) is 10.0 Å². The first-order chi connectivity index (χ1) is 10.5. The van der Waals surface area contributed by atoms with Gasteiger partial charge in [0.25, 0.3) is 0 Å². The summed E-state index contributed by atoms with van der Waals surface area (Å²) in [5.41, 5.74) is 1.05. The van der Waals surface area contributed by atoms with Gasteiger partial charge in [0, 0.05) is 39.6 Å². The van der Waals surface area contributed by atoms with Crippen molar-refractivity contribution in [1.82, 2.24) is 15.5 Å². The van der Waals surface area contributed by atoms with Gasteiger partial charge in [-0.2, -0.15) is 0 Å². The third-order valence-corrected chi connectivity index (χ3v) is 4.40. The van der Waals surface area contributed by atoms with Crippen molar-refractivity contribution in [2.45, 2.75) is 12.0 Å². The quantitative estimate of drug-likeness (QED) is 0.845. The van der Waals surface area contributed by atoms with E-state index in [9.17, 15) is 4.79 Å². The van der Waals surface area contributed by atoms with Crippen LogP contribution in [-0.4, -0.2) is 57.4 Å². The van der Waals surface area contributed by atoms with Crippen LogP contribution >= 0.6 is 35.6 Å². The van der Waals surface area contributed by atoms with E-state index in [0.717, 1.165) is 18.7 Å². The van der Waals surface area contributed by atoms with Gasteiger partial charge in [-0.1, -0.05) is 29.3 Å². The minimum atomic E-state index is -0.131. The summed E-state index contributed by atoms with van der Waals surface area (Å²) >= 11 is 12.1. The fourth-order valence-corrected chi connectivity index (χ4v) is 2.72. The third kappa shape index (κ3) is 5.69. The second-order valence-electron chi connectivity index (χ2n) is 5.47. The normalized spacial score (nSPS) is 21.0. The Kier molecular flexibility index (Phi) is 8.44. The summed E-state index contributed by atoms with van der Waals surface area (Å²) in [7, 11) is 3.42. The van der Waals surface area contributed by atoms with Gasteiger partial charge in [0.05, 0.1) is 22.8 Å². The Morgan fingerprint density at radius 3 is 2.78 bits per heavy atom. The standard InChI is InChI=1S/C15H21Cl2N3O2.ClH/c1-20(2)15(21)19-9-14-11(8-18-5-6-22-14)10-3-4-12(16)13(17)7-10;/h3-4,7,11,14,18H,5-6,8-9H2,1-2H3,(H,19,21);1H. The molecule has 0 saturated carbocycles. The molecule has 1 heterocycles. The van der Waals surface area contributed by atoms with Gasteiger partial charge >= 0.3 is 6.03 Å². The minimum absolute atomic E-state index is 0. The molecule has 0 spiro atoms. The molecule has 2 rings (SSSR count). The maximum atomic E-state index is 11.7. The Labute approximate surface area is 153 Å². The van der Waals surface area contributed by atoms with E-state index in [1.165, 1.54) is 4.90 Å². The molecule has 130 valence electrons. The number of halogens is 3. The summed E-state index contributed by atoms with van der Waals surface area (Å²) in [6.07, 6.45) is -0.115. The number of nitrogens with one attached hydrogen (secondary N) is 2. The molecule has 8 heteroatoms. The molecular weight excluding hydrogens is 361 g/mol. The van der Waals surface area contributed by atoms with Gasteiger partial charge in [0.2, 0.25) is 0 Å². The van der Waals surface area contributed by atoms with Crippen molar-refractivity contribution in [3.63, 3.8) is 0 Å². The number of carbonyl (C=O) groups excluding carboxylic acids is 1. The fourth-order valence-electron chi connectivity index (χ4n) is 2.41. The van der Waals surface area contributed by atoms with Crippen LogP contribution in [0.1, 0.15) is 11.5 Å². The predicted octanol–water partition coefficient (Wildman–Crippen LogP) is 2.76. The summed E-state index contributed by atoms with van der Waals surface area (Å²) in [6.45, 7) is 2.61. The van der Waals surface area contributed by atoms with Crippen molar-refractivity contribution in [3.05, 3.63) is 33.8 Å². The topological polar surface area (TPSA) is 53.6 Å².